The molecule has 1 aliphatic rings. The van der Waals surface area contributed by atoms with Crippen molar-refractivity contribution in [3.8, 4) is 11.5 Å². The zero-order valence-electron chi connectivity index (χ0n) is 22.5. The molecule has 9 heteroatoms. The molecule has 6 nitrogen and oxygen atoms in total. The quantitative estimate of drug-likeness (QED) is 0.308. The monoisotopic (exact) mass is 616 g/mol. The minimum atomic E-state index is -1.27. The van der Waals surface area contributed by atoms with Crippen molar-refractivity contribution < 1.29 is 23.5 Å². The molecule has 206 valence electrons. The van der Waals surface area contributed by atoms with Gasteiger partial charge in [0.15, 0.2) is 0 Å². The number of hydrogen-bond acceptors (Lipinski definition) is 4. The van der Waals surface area contributed by atoms with Crippen molar-refractivity contribution >= 4 is 39.5 Å². The van der Waals surface area contributed by atoms with E-state index in [-0.39, 0.29) is 18.3 Å². The van der Waals surface area contributed by atoms with Gasteiger partial charge in [-0.1, -0.05) is 39.7 Å². The predicted octanol–water partition coefficient (Wildman–Crippen LogP) is 7.67. The second-order valence-corrected chi connectivity index (χ2v) is 12.1. The molecule has 39 heavy (non-hydrogen) atoms. The molecule has 1 unspecified atom stereocenters. The predicted molar refractivity (Wildman–Crippen MR) is 153 cm³/mol. The minimum absolute atomic E-state index is 0.206. The number of aryl methyl sites for hydroxylation is 2. The smallest absolute Gasteiger partial charge is 0.408 e. The van der Waals surface area contributed by atoms with Gasteiger partial charge in [-0.2, -0.15) is 0 Å². The minimum Gasteiger partial charge on any atom is -0.457 e. The zero-order valence-corrected chi connectivity index (χ0v) is 24.9. The Morgan fingerprint density at radius 3 is 2.46 bits per heavy atom. The Balaban J connectivity index is 1.56. The molecule has 1 aliphatic carbocycles. The van der Waals surface area contributed by atoms with Gasteiger partial charge in [-0.3, -0.25) is 4.79 Å². The molecule has 0 aliphatic heterocycles. The second kappa shape index (κ2) is 11.2. The first-order valence-electron chi connectivity index (χ1n) is 12.6. The summed E-state index contributed by atoms with van der Waals surface area (Å²) in [7, 11) is 1.68. The van der Waals surface area contributed by atoms with Crippen molar-refractivity contribution in [2.75, 3.05) is 7.05 Å². The van der Waals surface area contributed by atoms with Crippen LogP contribution in [-0.2, 0) is 28.0 Å². The molecule has 2 amide bonds. The van der Waals surface area contributed by atoms with E-state index < -0.39 is 17.2 Å². The second-order valence-electron chi connectivity index (χ2n) is 10.8. The Morgan fingerprint density at radius 1 is 1.10 bits per heavy atom. The number of carbonyl (C=O) groups is 2. The van der Waals surface area contributed by atoms with Crippen LogP contribution in [0.2, 0.25) is 5.02 Å². The first kappa shape index (κ1) is 28.9. The maximum atomic E-state index is 14.0. The molecule has 0 heterocycles. The fraction of sp³-hybridized carbons (Fsp3) is 0.333. The number of benzene rings is 3. The molecule has 0 radical (unpaired) electrons. The van der Waals surface area contributed by atoms with Crippen LogP contribution in [0.25, 0.3) is 0 Å². The molecule has 3 aromatic rings. The molecule has 0 saturated carbocycles. The maximum Gasteiger partial charge on any atom is 0.408 e. The van der Waals surface area contributed by atoms with Crippen LogP contribution in [-0.4, -0.2) is 29.5 Å². The number of rotatable bonds is 6. The SMILES string of the molecule is Cc1cc(Oc2ccc(CN(C)C(=O)C3(NC(=O)OC(C)(C)C)CCc4cc(Br)ccc43)c(Cl)c2)ccc1F. The number of ether oxygens (including phenoxy) is 2. The van der Waals surface area contributed by atoms with E-state index in [2.05, 4.69) is 21.2 Å². The van der Waals surface area contributed by atoms with Gasteiger partial charge in [-0.15, -0.1) is 0 Å². The fourth-order valence-corrected chi connectivity index (χ4v) is 5.35. The van der Waals surface area contributed by atoms with Gasteiger partial charge in [-0.25, -0.2) is 9.18 Å². The van der Waals surface area contributed by atoms with Gasteiger partial charge in [0, 0.05) is 23.1 Å². The zero-order chi connectivity index (χ0) is 28.5. The summed E-state index contributed by atoms with van der Waals surface area (Å²) in [6.45, 7) is 7.20. The van der Waals surface area contributed by atoms with Crippen molar-refractivity contribution in [1.82, 2.24) is 10.2 Å². The highest BCUT2D eigenvalue weighted by molar-refractivity contribution is 9.10. The largest absolute Gasteiger partial charge is 0.457 e. The highest BCUT2D eigenvalue weighted by atomic mass is 79.9. The molecular weight excluding hydrogens is 587 g/mol. The number of alkyl carbamates (subject to hydrolysis) is 1. The van der Waals surface area contributed by atoms with Gasteiger partial charge in [0.1, 0.15) is 28.5 Å². The summed E-state index contributed by atoms with van der Waals surface area (Å²) in [4.78, 5) is 28.5. The van der Waals surface area contributed by atoms with E-state index in [9.17, 15) is 14.0 Å². The van der Waals surface area contributed by atoms with Gasteiger partial charge in [0.05, 0.1) is 0 Å². The average Bonchev–Trinajstić information content (AvgIpc) is 3.19. The van der Waals surface area contributed by atoms with Crippen molar-refractivity contribution in [3.63, 3.8) is 0 Å². The maximum absolute atomic E-state index is 14.0. The Morgan fingerprint density at radius 2 is 1.79 bits per heavy atom. The van der Waals surface area contributed by atoms with E-state index in [1.165, 1.54) is 6.07 Å². The first-order chi connectivity index (χ1) is 18.3. The molecule has 3 aromatic carbocycles. The molecular formula is C30H31BrClFN2O4. The summed E-state index contributed by atoms with van der Waals surface area (Å²) < 4.78 is 25.8. The first-order valence-corrected chi connectivity index (χ1v) is 13.7. The normalized spacial score (nSPS) is 16.4. The van der Waals surface area contributed by atoms with Gasteiger partial charge in [-0.05, 0) is 105 Å². The lowest BCUT2D eigenvalue weighted by atomic mass is 9.90. The number of nitrogens with zero attached hydrogens (tertiary/aromatic N) is 1. The number of nitrogens with one attached hydrogen (secondary N) is 1. The number of likely N-dealkylation sites (N-methyl/N-ethyl adjacent to an activating group) is 1. The van der Waals surface area contributed by atoms with Crippen LogP contribution in [0.3, 0.4) is 0 Å². The average molecular weight is 618 g/mol. The van der Waals surface area contributed by atoms with E-state index >= 15 is 0 Å². The van der Waals surface area contributed by atoms with E-state index in [4.69, 9.17) is 21.1 Å². The van der Waals surface area contributed by atoms with Crippen LogP contribution < -0.4 is 10.1 Å². The molecule has 1 N–H and O–H groups in total. The summed E-state index contributed by atoms with van der Waals surface area (Å²) in [6, 6.07) is 15.4. The highest BCUT2D eigenvalue weighted by Crippen LogP contribution is 2.40. The third-order valence-electron chi connectivity index (χ3n) is 6.52. The van der Waals surface area contributed by atoms with Crippen molar-refractivity contribution in [1.29, 1.82) is 0 Å². The Hall–Kier alpha value is -3.10. The van der Waals surface area contributed by atoms with Gasteiger partial charge >= 0.3 is 6.09 Å². The van der Waals surface area contributed by atoms with Gasteiger partial charge < -0.3 is 19.7 Å². The number of halogens is 3. The van der Waals surface area contributed by atoms with E-state index in [0.717, 1.165) is 15.6 Å². The summed E-state index contributed by atoms with van der Waals surface area (Å²) in [5.41, 5.74) is 0.923. The third kappa shape index (κ3) is 6.56. The lowest BCUT2D eigenvalue weighted by molar-refractivity contribution is -0.138. The Bertz CT molecular complexity index is 1420. The number of hydrogen-bond donors (Lipinski definition) is 1. The standard InChI is InChI=1S/C30H31BrClFN2O4/c1-18-14-22(9-11-26(18)33)38-23-8-6-20(25(32)16-23)17-35(5)27(36)30(34-28(37)39-29(2,3)4)13-12-19-15-21(31)7-10-24(19)30/h6-11,14-16H,12-13,17H2,1-5H3,(H,34,37). The van der Waals surface area contributed by atoms with E-state index in [1.54, 1.807) is 70.0 Å². The van der Waals surface area contributed by atoms with Crippen LogP contribution in [0.15, 0.2) is 59.1 Å². The van der Waals surface area contributed by atoms with Crippen LogP contribution in [0.4, 0.5) is 9.18 Å². The van der Waals surface area contributed by atoms with Crippen molar-refractivity contribution in [2.45, 2.75) is 58.2 Å². The van der Waals surface area contributed by atoms with E-state index in [0.29, 0.717) is 40.5 Å². The van der Waals surface area contributed by atoms with Gasteiger partial charge in [0.2, 0.25) is 0 Å². The van der Waals surface area contributed by atoms with Crippen LogP contribution in [0, 0.1) is 12.7 Å². The Labute approximate surface area is 241 Å². The van der Waals surface area contributed by atoms with Crippen molar-refractivity contribution in [2.24, 2.45) is 0 Å². The summed E-state index contributed by atoms with van der Waals surface area (Å²) in [5.74, 6) is 0.404. The summed E-state index contributed by atoms with van der Waals surface area (Å²) >= 11 is 10.1. The van der Waals surface area contributed by atoms with Crippen molar-refractivity contribution in [3.05, 3.63) is 92.2 Å². The number of amides is 2. The molecule has 0 spiro atoms. The molecule has 1 atom stereocenters. The molecule has 0 bridgehead atoms. The molecule has 0 aromatic heterocycles. The highest BCUT2D eigenvalue weighted by Gasteiger charge is 2.48. The van der Waals surface area contributed by atoms with Crippen LogP contribution >= 0.6 is 27.5 Å². The summed E-state index contributed by atoms with van der Waals surface area (Å²) in [5, 5.41) is 3.32. The third-order valence-corrected chi connectivity index (χ3v) is 7.36. The van der Waals surface area contributed by atoms with Crippen LogP contribution in [0.1, 0.15) is 49.4 Å². The van der Waals surface area contributed by atoms with Crippen LogP contribution in [0.5, 0.6) is 11.5 Å². The lowest BCUT2D eigenvalue weighted by Gasteiger charge is -2.35. The van der Waals surface area contributed by atoms with E-state index in [1.807, 2.05) is 18.2 Å². The topological polar surface area (TPSA) is 67.9 Å². The lowest BCUT2D eigenvalue weighted by Crippen LogP contribution is -2.56. The molecule has 0 saturated heterocycles. The van der Waals surface area contributed by atoms with Gasteiger partial charge in [0.25, 0.3) is 5.91 Å². The number of carbonyl (C=O) groups excluding carboxylic acids is 2. The molecule has 0 fully saturated rings. The Kier molecular flexibility index (Phi) is 8.28. The number of fused-ring (bicyclic) bond motifs is 1. The molecule has 4 rings (SSSR count). The fourth-order valence-electron chi connectivity index (χ4n) is 4.72. The summed E-state index contributed by atoms with van der Waals surface area (Å²) in [6.07, 6.45) is 0.370.